The van der Waals surface area contributed by atoms with Crippen LogP contribution in [0, 0.1) is 3.57 Å². The van der Waals surface area contributed by atoms with E-state index in [0.29, 0.717) is 4.57 Å². The zero-order valence-electron chi connectivity index (χ0n) is 8.73. The van der Waals surface area contributed by atoms with Crippen molar-refractivity contribution in [2.24, 2.45) is 0 Å². The maximum absolute atomic E-state index is 12.6. The van der Waals surface area contributed by atoms with Gasteiger partial charge in [-0.2, -0.15) is 8.78 Å². The van der Waals surface area contributed by atoms with Gasteiger partial charge in [0, 0.05) is 12.4 Å². The summed E-state index contributed by atoms with van der Waals surface area (Å²) in [4.78, 5) is 19.4. The molecule has 0 unspecified atom stereocenters. The molecule has 9 heteroatoms. The highest BCUT2D eigenvalue weighted by Gasteiger charge is 2.13. The van der Waals surface area contributed by atoms with E-state index in [9.17, 15) is 13.6 Å². The third kappa shape index (κ3) is 2.53. The van der Waals surface area contributed by atoms with Gasteiger partial charge in [0.1, 0.15) is 14.5 Å². The summed E-state index contributed by atoms with van der Waals surface area (Å²) in [5.41, 5.74) is -0.389. The van der Waals surface area contributed by atoms with Crippen LogP contribution in [0.5, 0.6) is 0 Å². The molecule has 2 heterocycles. The van der Waals surface area contributed by atoms with Crippen LogP contribution in [0.4, 0.5) is 8.78 Å². The average Bonchev–Trinajstić information content (AvgIpc) is 2.78. The fourth-order valence-electron chi connectivity index (χ4n) is 1.35. The second-order valence-corrected chi connectivity index (χ2v) is 4.75. The maximum Gasteiger partial charge on any atom is 0.319 e. The van der Waals surface area contributed by atoms with Crippen molar-refractivity contribution in [3.8, 4) is 0 Å². The lowest BCUT2D eigenvalue weighted by Crippen LogP contribution is -2.25. The van der Waals surface area contributed by atoms with Crippen LogP contribution in [0.2, 0.25) is 5.15 Å². The number of alkyl halides is 2. The lowest BCUT2D eigenvalue weighted by molar-refractivity contribution is 0.0666. The van der Waals surface area contributed by atoms with E-state index in [1.54, 1.807) is 22.6 Å². The molecule has 0 fully saturated rings. The Labute approximate surface area is 119 Å². The van der Waals surface area contributed by atoms with Gasteiger partial charge in [-0.15, -0.1) is 0 Å². The number of hydrogen-bond donors (Lipinski definition) is 0. The van der Waals surface area contributed by atoms with E-state index in [1.807, 2.05) is 0 Å². The molecule has 0 aliphatic heterocycles. The summed E-state index contributed by atoms with van der Waals surface area (Å²) < 4.78 is 27.3. The molecule has 18 heavy (non-hydrogen) atoms. The quantitative estimate of drug-likeness (QED) is 0.600. The van der Waals surface area contributed by atoms with E-state index < -0.39 is 6.55 Å². The predicted octanol–water partition coefficient (Wildman–Crippen LogP) is 2.14. The number of halogens is 4. The van der Waals surface area contributed by atoms with Crippen molar-refractivity contribution in [2.45, 2.75) is 13.1 Å². The molecule has 0 bridgehead atoms. The predicted molar refractivity (Wildman–Crippen MR) is 68.8 cm³/mol. The molecule has 0 radical (unpaired) electrons. The summed E-state index contributed by atoms with van der Waals surface area (Å²) in [6.45, 7) is -2.78. The molecule has 0 atom stereocenters. The summed E-state index contributed by atoms with van der Waals surface area (Å²) in [6, 6.07) is 0. The molecule has 2 aromatic rings. The van der Waals surface area contributed by atoms with Crippen LogP contribution in [0.15, 0.2) is 23.5 Å². The summed E-state index contributed by atoms with van der Waals surface area (Å²) in [6.07, 6.45) is 3.61. The number of aromatic nitrogens is 4. The molecule has 0 aromatic carbocycles. The molecule has 96 valence electrons. The third-order valence-electron chi connectivity index (χ3n) is 2.21. The number of hydrogen-bond acceptors (Lipinski definition) is 3. The van der Waals surface area contributed by atoms with E-state index in [0.717, 1.165) is 6.20 Å². The largest absolute Gasteiger partial charge is 0.319 e. The Bertz CT molecular complexity index is 627. The standard InChI is InChI=1S/C9H6ClF2IN4O/c10-7-6(13)8(18)16(4-15-7)3-5-14-1-2-17(5)9(11)12/h1-2,4,9H,3H2. The lowest BCUT2D eigenvalue weighted by Gasteiger charge is -2.08. The molecule has 0 N–H and O–H groups in total. The van der Waals surface area contributed by atoms with Crippen molar-refractivity contribution in [3.63, 3.8) is 0 Å². The Morgan fingerprint density at radius 2 is 2.17 bits per heavy atom. The van der Waals surface area contributed by atoms with Gasteiger partial charge in [0.2, 0.25) is 0 Å². The van der Waals surface area contributed by atoms with Gasteiger partial charge in [0.25, 0.3) is 5.56 Å². The summed E-state index contributed by atoms with van der Waals surface area (Å²) in [5.74, 6) is 0.0759. The van der Waals surface area contributed by atoms with Crippen molar-refractivity contribution in [3.05, 3.63) is 43.6 Å². The molecule has 0 aliphatic carbocycles. The molecule has 2 rings (SSSR count). The first kappa shape index (κ1) is 13.4. The van der Waals surface area contributed by atoms with Crippen LogP contribution >= 0.6 is 34.2 Å². The summed E-state index contributed by atoms with van der Waals surface area (Å²) in [7, 11) is 0. The van der Waals surface area contributed by atoms with Crippen molar-refractivity contribution in [1.82, 2.24) is 19.1 Å². The van der Waals surface area contributed by atoms with E-state index >= 15 is 0 Å². The molecule has 0 saturated heterocycles. The first-order valence-corrected chi connectivity index (χ1v) is 6.16. The van der Waals surface area contributed by atoms with Crippen LogP contribution in [0.25, 0.3) is 0 Å². The highest BCUT2D eigenvalue weighted by Crippen LogP contribution is 2.14. The number of rotatable bonds is 3. The Balaban J connectivity index is 2.38. The minimum atomic E-state index is -2.70. The topological polar surface area (TPSA) is 52.7 Å². The number of nitrogens with zero attached hydrogens (tertiary/aromatic N) is 4. The number of imidazole rings is 1. The normalized spacial score (nSPS) is 11.2. The lowest BCUT2D eigenvalue weighted by atomic mass is 10.5. The first-order valence-electron chi connectivity index (χ1n) is 4.71. The molecule has 5 nitrogen and oxygen atoms in total. The Morgan fingerprint density at radius 3 is 2.83 bits per heavy atom. The molecule has 0 amide bonds. The molecule has 0 spiro atoms. The molecule has 0 saturated carbocycles. The van der Waals surface area contributed by atoms with Gasteiger partial charge in [-0.1, -0.05) is 11.6 Å². The Morgan fingerprint density at radius 1 is 1.44 bits per heavy atom. The zero-order chi connectivity index (χ0) is 13.3. The van der Waals surface area contributed by atoms with Gasteiger partial charge in [-0.25, -0.2) is 9.97 Å². The van der Waals surface area contributed by atoms with Crippen LogP contribution in [-0.4, -0.2) is 19.1 Å². The van der Waals surface area contributed by atoms with Gasteiger partial charge in [-0.3, -0.25) is 13.9 Å². The highest BCUT2D eigenvalue weighted by molar-refractivity contribution is 14.1. The van der Waals surface area contributed by atoms with Gasteiger partial charge >= 0.3 is 6.55 Å². The van der Waals surface area contributed by atoms with Crippen molar-refractivity contribution < 1.29 is 8.78 Å². The van der Waals surface area contributed by atoms with Crippen LogP contribution < -0.4 is 5.56 Å². The summed E-state index contributed by atoms with van der Waals surface area (Å²) >= 11 is 7.43. The zero-order valence-corrected chi connectivity index (χ0v) is 11.6. The van der Waals surface area contributed by atoms with Gasteiger partial charge in [-0.05, 0) is 22.6 Å². The van der Waals surface area contributed by atoms with Gasteiger partial charge in [0.15, 0.2) is 0 Å². The molecular formula is C9H6ClF2IN4O. The fraction of sp³-hybridized carbons (Fsp3) is 0.222. The van der Waals surface area contributed by atoms with E-state index in [-0.39, 0.29) is 26.7 Å². The average molecular weight is 387 g/mol. The monoisotopic (exact) mass is 386 g/mol. The van der Waals surface area contributed by atoms with Crippen LogP contribution in [0.1, 0.15) is 12.4 Å². The van der Waals surface area contributed by atoms with E-state index in [2.05, 4.69) is 9.97 Å². The minimum absolute atomic E-state index is 0.0759. The van der Waals surface area contributed by atoms with Crippen molar-refractivity contribution in [2.75, 3.05) is 0 Å². The molecule has 2 aromatic heterocycles. The smallest absolute Gasteiger partial charge is 0.291 e. The second kappa shape index (κ2) is 5.31. The summed E-state index contributed by atoms with van der Waals surface area (Å²) in [5, 5.41) is 0.0917. The van der Waals surface area contributed by atoms with Crippen molar-refractivity contribution in [1.29, 1.82) is 0 Å². The van der Waals surface area contributed by atoms with Crippen LogP contribution in [-0.2, 0) is 6.54 Å². The van der Waals surface area contributed by atoms with Crippen molar-refractivity contribution >= 4 is 34.2 Å². The highest BCUT2D eigenvalue weighted by atomic mass is 127. The van der Waals surface area contributed by atoms with E-state index in [4.69, 9.17) is 11.6 Å². The first-order chi connectivity index (χ1) is 8.50. The Hall–Kier alpha value is -1.03. The van der Waals surface area contributed by atoms with Crippen LogP contribution in [0.3, 0.4) is 0 Å². The molecule has 0 aliphatic rings. The van der Waals surface area contributed by atoms with Gasteiger partial charge < -0.3 is 0 Å². The molecular weight excluding hydrogens is 380 g/mol. The van der Waals surface area contributed by atoms with Gasteiger partial charge in [0.05, 0.1) is 12.9 Å². The van der Waals surface area contributed by atoms with E-state index in [1.165, 1.54) is 17.1 Å². The Kier molecular flexibility index (Phi) is 3.95. The minimum Gasteiger partial charge on any atom is -0.291 e. The third-order valence-corrected chi connectivity index (χ3v) is 3.79. The second-order valence-electron chi connectivity index (χ2n) is 3.31. The fourth-order valence-corrected chi connectivity index (χ4v) is 1.93. The SMILES string of the molecule is O=c1c(I)c(Cl)ncn1Cc1nccn1C(F)F. The maximum atomic E-state index is 12.6.